The topological polar surface area (TPSA) is 118 Å². The molecule has 0 saturated heterocycles. The first-order chi connectivity index (χ1) is 17.0. The number of hydrogen-bond acceptors (Lipinski definition) is 7. The van der Waals surface area contributed by atoms with Gasteiger partial charge in [0.15, 0.2) is 5.65 Å². The fourth-order valence-electron chi connectivity index (χ4n) is 4.14. The van der Waals surface area contributed by atoms with E-state index >= 15 is 0 Å². The first-order valence-electron chi connectivity index (χ1n) is 10.9. The molecule has 10 heteroatoms. The summed E-state index contributed by atoms with van der Waals surface area (Å²) in [6.07, 6.45) is 3.14. The number of pyridine rings is 2. The number of H-pyrrole nitrogens is 1. The van der Waals surface area contributed by atoms with Crippen molar-refractivity contribution >= 4 is 44.1 Å². The highest BCUT2D eigenvalue weighted by Crippen LogP contribution is 2.24. The number of aromatic amines is 1. The summed E-state index contributed by atoms with van der Waals surface area (Å²) in [5, 5.41) is 7.54. The van der Waals surface area contributed by atoms with Crippen LogP contribution in [0.1, 0.15) is 27.3 Å². The largest absolute Gasteiger partial charge is 0.348 e. The summed E-state index contributed by atoms with van der Waals surface area (Å²) < 4.78 is 2.71. The van der Waals surface area contributed by atoms with E-state index in [9.17, 15) is 9.59 Å². The van der Waals surface area contributed by atoms with Gasteiger partial charge in [0.05, 0.1) is 38.2 Å². The Morgan fingerprint density at radius 1 is 1.14 bits per heavy atom. The van der Waals surface area contributed by atoms with Gasteiger partial charge in [0.2, 0.25) is 5.43 Å². The highest BCUT2D eigenvalue weighted by Gasteiger charge is 2.17. The van der Waals surface area contributed by atoms with E-state index in [1.165, 1.54) is 6.20 Å². The maximum atomic E-state index is 13.1. The molecule has 6 rings (SSSR count). The third-order valence-corrected chi connectivity index (χ3v) is 6.69. The third kappa shape index (κ3) is 3.64. The number of carbonyl (C=O) groups is 1. The molecule has 0 unspecified atom stereocenters. The van der Waals surface area contributed by atoms with Gasteiger partial charge in [-0.3, -0.25) is 14.6 Å². The van der Waals surface area contributed by atoms with E-state index in [0.29, 0.717) is 22.4 Å². The Bertz CT molecular complexity index is 1820. The molecular formula is C25H19N7O2S. The van der Waals surface area contributed by atoms with Gasteiger partial charge in [-0.15, -0.1) is 11.3 Å². The van der Waals surface area contributed by atoms with E-state index in [-0.39, 0.29) is 17.5 Å². The average molecular weight is 482 g/mol. The van der Waals surface area contributed by atoms with E-state index in [1.54, 1.807) is 29.0 Å². The molecule has 5 aromatic heterocycles. The molecule has 0 bridgehead atoms. The zero-order valence-corrected chi connectivity index (χ0v) is 19.7. The van der Waals surface area contributed by atoms with Gasteiger partial charge in [0.1, 0.15) is 11.2 Å². The van der Waals surface area contributed by atoms with Crippen molar-refractivity contribution < 1.29 is 4.79 Å². The minimum atomic E-state index is -0.470. The first kappa shape index (κ1) is 21.1. The lowest BCUT2D eigenvalue weighted by atomic mass is 10.1. The lowest BCUT2D eigenvalue weighted by molar-refractivity contribution is 0.0949. The Balaban J connectivity index is 1.23. The fourth-order valence-corrected chi connectivity index (χ4v) is 4.80. The maximum absolute atomic E-state index is 13.1. The van der Waals surface area contributed by atoms with Gasteiger partial charge in [-0.25, -0.2) is 9.97 Å². The molecule has 1 aromatic carbocycles. The Labute approximate surface area is 202 Å². The summed E-state index contributed by atoms with van der Waals surface area (Å²) in [4.78, 5) is 42.4. The normalized spacial score (nSPS) is 11.5. The number of hydrogen-bond donors (Lipinski definition) is 2. The molecule has 0 aliphatic carbocycles. The number of carbonyl (C=O) groups excluding carboxylic acids is 1. The average Bonchev–Trinajstić information content (AvgIpc) is 3.48. The van der Waals surface area contributed by atoms with Crippen LogP contribution in [0.5, 0.6) is 0 Å². The number of nitrogens with zero attached hydrogens (tertiary/aromatic N) is 5. The van der Waals surface area contributed by atoms with Crippen LogP contribution in [0.25, 0.3) is 38.2 Å². The predicted molar refractivity (Wildman–Crippen MR) is 135 cm³/mol. The molecule has 172 valence electrons. The summed E-state index contributed by atoms with van der Waals surface area (Å²) in [6.45, 7) is 3.85. The van der Waals surface area contributed by atoms with Crippen molar-refractivity contribution in [2.75, 3.05) is 0 Å². The molecule has 0 spiro atoms. The predicted octanol–water partition coefficient (Wildman–Crippen LogP) is 3.79. The van der Waals surface area contributed by atoms with Gasteiger partial charge in [-0.1, -0.05) is 12.1 Å². The van der Waals surface area contributed by atoms with Crippen LogP contribution in [-0.2, 0) is 6.54 Å². The van der Waals surface area contributed by atoms with Gasteiger partial charge in [0.25, 0.3) is 5.91 Å². The number of nitrogens with one attached hydrogen (secondary N) is 2. The van der Waals surface area contributed by atoms with Crippen molar-refractivity contribution in [2.45, 2.75) is 20.4 Å². The minimum absolute atomic E-state index is 0.0202. The van der Waals surface area contributed by atoms with E-state index in [2.05, 4.69) is 30.4 Å². The van der Waals surface area contributed by atoms with E-state index in [1.807, 2.05) is 48.8 Å². The number of aryl methyl sites for hydroxylation is 2. The second-order valence-corrected chi connectivity index (χ2v) is 9.16. The Kier molecular flexibility index (Phi) is 4.89. The Morgan fingerprint density at radius 3 is 2.86 bits per heavy atom. The number of aromatic nitrogens is 6. The maximum Gasteiger partial charge on any atom is 0.257 e. The number of rotatable bonds is 4. The van der Waals surface area contributed by atoms with E-state index < -0.39 is 5.91 Å². The monoisotopic (exact) mass is 481 g/mol. The summed E-state index contributed by atoms with van der Waals surface area (Å²) in [7, 11) is 0. The summed E-state index contributed by atoms with van der Waals surface area (Å²) in [5.41, 5.74) is 7.51. The lowest BCUT2D eigenvalue weighted by Gasteiger charge is -2.08. The molecule has 0 radical (unpaired) electrons. The summed E-state index contributed by atoms with van der Waals surface area (Å²) in [5.74, 6) is -0.470. The highest BCUT2D eigenvalue weighted by molar-refractivity contribution is 7.16. The van der Waals surface area contributed by atoms with Crippen molar-refractivity contribution in [2.24, 2.45) is 0 Å². The van der Waals surface area contributed by atoms with E-state index in [0.717, 1.165) is 32.7 Å². The molecule has 35 heavy (non-hydrogen) atoms. The van der Waals surface area contributed by atoms with Crippen LogP contribution >= 0.6 is 11.3 Å². The summed E-state index contributed by atoms with van der Waals surface area (Å²) >= 11 is 1.60. The number of thiazole rings is 1. The molecule has 6 aromatic rings. The van der Waals surface area contributed by atoms with Gasteiger partial charge in [-0.05, 0) is 37.6 Å². The van der Waals surface area contributed by atoms with Gasteiger partial charge < -0.3 is 10.3 Å². The Morgan fingerprint density at radius 2 is 2.03 bits per heavy atom. The van der Waals surface area contributed by atoms with Crippen LogP contribution < -0.4 is 10.7 Å². The second-order valence-electron chi connectivity index (χ2n) is 8.28. The van der Waals surface area contributed by atoms with Crippen LogP contribution in [0.3, 0.4) is 0 Å². The smallest absolute Gasteiger partial charge is 0.257 e. The molecule has 0 fully saturated rings. The van der Waals surface area contributed by atoms with Crippen molar-refractivity contribution in [1.29, 1.82) is 0 Å². The SMILES string of the molecule is Cc1cc2nc(C)c3c(=O)c(C(=O)NCc4ccc(-c5ccc6scnc6c5)nc4)c[nH]c3n2n1. The Hall–Kier alpha value is -4.44. The van der Waals surface area contributed by atoms with Gasteiger partial charge in [0, 0.05) is 30.6 Å². The number of benzene rings is 1. The molecule has 1 amide bonds. The van der Waals surface area contributed by atoms with E-state index in [4.69, 9.17) is 0 Å². The zero-order chi connectivity index (χ0) is 24.1. The fraction of sp³-hybridized carbons (Fsp3) is 0.120. The quantitative estimate of drug-likeness (QED) is 0.396. The van der Waals surface area contributed by atoms with Crippen LogP contribution in [0.2, 0.25) is 0 Å². The molecule has 0 aliphatic heterocycles. The molecule has 0 aliphatic rings. The molecule has 5 heterocycles. The number of amides is 1. The van der Waals surface area contributed by atoms with Crippen molar-refractivity contribution in [3.63, 3.8) is 0 Å². The second kappa shape index (κ2) is 8.10. The highest BCUT2D eigenvalue weighted by atomic mass is 32.1. The van der Waals surface area contributed by atoms with Crippen LogP contribution in [0, 0.1) is 13.8 Å². The van der Waals surface area contributed by atoms with Crippen molar-refractivity contribution in [3.8, 4) is 11.3 Å². The van der Waals surface area contributed by atoms with Crippen molar-refractivity contribution in [3.05, 3.63) is 87.0 Å². The first-order valence-corrected chi connectivity index (χ1v) is 11.8. The summed E-state index contributed by atoms with van der Waals surface area (Å²) in [6, 6.07) is 11.7. The van der Waals surface area contributed by atoms with Crippen molar-refractivity contribution in [1.82, 2.24) is 34.9 Å². The number of fused-ring (bicyclic) bond motifs is 4. The molecule has 0 atom stereocenters. The van der Waals surface area contributed by atoms with Crippen LogP contribution in [-0.4, -0.2) is 35.5 Å². The minimum Gasteiger partial charge on any atom is -0.348 e. The zero-order valence-electron chi connectivity index (χ0n) is 18.9. The van der Waals surface area contributed by atoms with Gasteiger partial charge >= 0.3 is 0 Å². The third-order valence-electron chi connectivity index (χ3n) is 5.88. The standard InChI is InChI=1S/C25H19N7O2S/c1-13-7-21-30-14(2)22-23(33)17(11-27-24(22)32(21)31-13)25(34)28-10-15-3-5-18(26-9-15)16-4-6-20-19(8-16)29-12-35-20/h3-9,11-12H,10H2,1-2H3,(H,27,33)(H,28,34). The lowest BCUT2D eigenvalue weighted by Crippen LogP contribution is -2.29. The molecule has 9 nitrogen and oxygen atoms in total. The molecule has 0 saturated carbocycles. The molecular weight excluding hydrogens is 462 g/mol. The van der Waals surface area contributed by atoms with Gasteiger partial charge in [-0.2, -0.15) is 9.61 Å². The van der Waals surface area contributed by atoms with Crippen LogP contribution in [0.15, 0.2) is 59.1 Å². The van der Waals surface area contributed by atoms with Crippen LogP contribution in [0.4, 0.5) is 0 Å². The molecule has 2 N–H and O–H groups in total.